The summed E-state index contributed by atoms with van der Waals surface area (Å²) in [5, 5.41) is 9.04. The van der Waals surface area contributed by atoms with Crippen molar-refractivity contribution < 1.29 is 9.59 Å². The zero-order valence-electron chi connectivity index (χ0n) is 18.6. The Morgan fingerprint density at radius 2 is 1.71 bits per heavy atom. The molecule has 2 amide bonds. The van der Waals surface area contributed by atoms with Gasteiger partial charge in [-0.1, -0.05) is 31.9 Å². The Bertz CT molecular complexity index is 849. The lowest BCUT2D eigenvalue weighted by molar-refractivity contribution is -0.126. The molecule has 3 rings (SSSR count). The molecule has 0 aromatic heterocycles. The van der Waals surface area contributed by atoms with Gasteiger partial charge in [-0.3, -0.25) is 9.59 Å². The molecule has 0 aliphatic carbocycles. The van der Waals surface area contributed by atoms with Crippen LogP contribution in [0, 0.1) is 5.92 Å². The molecule has 6 nitrogen and oxygen atoms in total. The lowest BCUT2D eigenvalue weighted by atomic mass is 10.1. The molecule has 1 aliphatic heterocycles. The molecule has 31 heavy (non-hydrogen) atoms. The molecule has 3 N–H and O–H groups in total. The number of amides is 2. The summed E-state index contributed by atoms with van der Waals surface area (Å²) >= 11 is 0. The number of unbranched alkanes of at least 4 members (excludes halogenated alkanes) is 2. The smallest absolute Gasteiger partial charge is 0.225 e. The Kier molecular flexibility index (Phi) is 8.33. The highest BCUT2D eigenvalue weighted by Crippen LogP contribution is 2.22. The van der Waals surface area contributed by atoms with Crippen LogP contribution in [0.5, 0.6) is 0 Å². The van der Waals surface area contributed by atoms with E-state index in [4.69, 9.17) is 0 Å². The van der Waals surface area contributed by atoms with E-state index in [1.165, 1.54) is 24.9 Å². The zero-order valence-corrected chi connectivity index (χ0v) is 18.6. The van der Waals surface area contributed by atoms with Crippen LogP contribution in [0.3, 0.4) is 0 Å². The fourth-order valence-corrected chi connectivity index (χ4v) is 3.77. The van der Waals surface area contributed by atoms with E-state index in [0.29, 0.717) is 13.1 Å². The van der Waals surface area contributed by atoms with Crippen molar-refractivity contribution in [1.29, 1.82) is 0 Å². The minimum Gasteiger partial charge on any atom is -0.372 e. The van der Waals surface area contributed by atoms with Gasteiger partial charge in [0.15, 0.2) is 0 Å². The van der Waals surface area contributed by atoms with Gasteiger partial charge in [0.1, 0.15) is 0 Å². The number of anilines is 3. The van der Waals surface area contributed by atoms with Crippen molar-refractivity contribution in [3.8, 4) is 0 Å². The van der Waals surface area contributed by atoms with Gasteiger partial charge >= 0.3 is 0 Å². The van der Waals surface area contributed by atoms with E-state index in [0.717, 1.165) is 30.0 Å². The first-order valence-corrected chi connectivity index (χ1v) is 11.3. The van der Waals surface area contributed by atoms with Crippen molar-refractivity contribution >= 4 is 28.9 Å². The molecular formula is C25H34N4O2. The van der Waals surface area contributed by atoms with E-state index in [1.807, 2.05) is 24.3 Å². The van der Waals surface area contributed by atoms with Crippen LogP contribution in [0.4, 0.5) is 17.1 Å². The normalized spacial score (nSPS) is 15.4. The van der Waals surface area contributed by atoms with E-state index in [1.54, 1.807) is 0 Å². The highest BCUT2D eigenvalue weighted by atomic mass is 16.2. The van der Waals surface area contributed by atoms with E-state index in [2.05, 4.69) is 59.0 Å². The number of nitrogens with one attached hydrogen (secondary N) is 3. The van der Waals surface area contributed by atoms with Gasteiger partial charge in [-0.2, -0.15) is 0 Å². The highest BCUT2D eigenvalue weighted by Gasteiger charge is 2.27. The minimum absolute atomic E-state index is 0.0532. The van der Waals surface area contributed by atoms with Gasteiger partial charge in [-0.15, -0.1) is 0 Å². The van der Waals surface area contributed by atoms with Crippen LogP contribution < -0.4 is 20.9 Å². The van der Waals surface area contributed by atoms with Gasteiger partial charge in [0.25, 0.3) is 0 Å². The molecule has 166 valence electrons. The first-order chi connectivity index (χ1) is 15.1. The second kappa shape index (κ2) is 11.4. The van der Waals surface area contributed by atoms with Crippen molar-refractivity contribution in [1.82, 2.24) is 10.6 Å². The second-order valence-corrected chi connectivity index (χ2v) is 8.08. The molecule has 1 saturated heterocycles. The van der Waals surface area contributed by atoms with Crippen LogP contribution in [0.2, 0.25) is 0 Å². The summed E-state index contributed by atoms with van der Waals surface area (Å²) in [6.07, 6.45) is 4.02. The van der Waals surface area contributed by atoms with Gasteiger partial charge in [-0.05, 0) is 55.3 Å². The molecule has 6 heteroatoms. The van der Waals surface area contributed by atoms with Crippen LogP contribution in [-0.2, 0) is 16.1 Å². The average Bonchev–Trinajstić information content (AvgIpc) is 3.23. The minimum atomic E-state index is -0.258. The third-order valence-electron chi connectivity index (χ3n) is 5.70. The number of hydrogen-bond acceptors (Lipinski definition) is 4. The predicted octanol–water partition coefficient (Wildman–Crippen LogP) is 4.20. The molecule has 0 bridgehead atoms. The van der Waals surface area contributed by atoms with Crippen LogP contribution in [0.1, 0.15) is 45.1 Å². The Morgan fingerprint density at radius 1 is 1.03 bits per heavy atom. The average molecular weight is 423 g/mol. The summed E-state index contributed by atoms with van der Waals surface area (Å²) in [6.45, 7) is 7.44. The first-order valence-electron chi connectivity index (χ1n) is 11.3. The number of hydrogen-bond donors (Lipinski definition) is 3. The molecule has 1 unspecified atom stereocenters. The largest absolute Gasteiger partial charge is 0.372 e. The van der Waals surface area contributed by atoms with Crippen LogP contribution in [0.25, 0.3) is 0 Å². The number of benzene rings is 2. The van der Waals surface area contributed by atoms with Gasteiger partial charge in [0, 0.05) is 49.7 Å². The van der Waals surface area contributed by atoms with E-state index in [9.17, 15) is 9.59 Å². The van der Waals surface area contributed by atoms with E-state index >= 15 is 0 Å². The van der Waals surface area contributed by atoms with Gasteiger partial charge in [0.2, 0.25) is 11.8 Å². The predicted molar refractivity (Wildman–Crippen MR) is 127 cm³/mol. The maximum atomic E-state index is 12.1. The fourth-order valence-electron chi connectivity index (χ4n) is 3.77. The topological polar surface area (TPSA) is 73.5 Å². The monoisotopic (exact) mass is 422 g/mol. The van der Waals surface area contributed by atoms with Crippen LogP contribution >= 0.6 is 0 Å². The SMILES string of the molecule is CCCCCN(CC)c1ccc(Nc2ccc(CNC(=O)C3CNC(=O)C3)cc2)cc1. The first kappa shape index (κ1) is 22.7. The summed E-state index contributed by atoms with van der Waals surface area (Å²) in [5.74, 6) is -0.384. The van der Waals surface area contributed by atoms with Gasteiger partial charge in [-0.25, -0.2) is 0 Å². The molecular weight excluding hydrogens is 388 g/mol. The fraction of sp³-hybridized carbons (Fsp3) is 0.440. The molecule has 0 radical (unpaired) electrons. The molecule has 1 atom stereocenters. The maximum absolute atomic E-state index is 12.1. The van der Waals surface area contributed by atoms with Crippen molar-refractivity contribution in [3.05, 3.63) is 54.1 Å². The lowest BCUT2D eigenvalue weighted by Gasteiger charge is -2.23. The van der Waals surface area contributed by atoms with Crippen molar-refractivity contribution in [2.24, 2.45) is 5.92 Å². The maximum Gasteiger partial charge on any atom is 0.225 e. The van der Waals surface area contributed by atoms with Gasteiger partial charge < -0.3 is 20.9 Å². The third-order valence-corrected chi connectivity index (χ3v) is 5.70. The third kappa shape index (κ3) is 6.74. The summed E-state index contributed by atoms with van der Waals surface area (Å²) in [6, 6.07) is 16.6. The lowest BCUT2D eigenvalue weighted by Crippen LogP contribution is -2.31. The van der Waals surface area contributed by atoms with Gasteiger partial charge in [0.05, 0.1) is 5.92 Å². The summed E-state index contributed by atoms with van der Waals surface area (Å²) in [7, 11) is 0. The quantitative estimate of drug-likeness (QED) is 0.475. The van der Waals surface area contributed by atoms with Crippen molar-refractivity contribution in [2.75, 3.05) is 29.9 Å². The number of carbonyl (C=O) groups excluding carboxylic acids is 2. The molecule has 0 spiro atoms. The number of nitrogens with zero attached hydrogens (tertiary/aromatic N) is 1. The van der Waals surface area contributed by atoms with E-state index < -0.39 is 0 Å². The zero-order chi connectivity index (χ0) is 22.1. The van der Waals surface area contributed by atoms with Crippen LogP contribution in [-0.4, -0.2) is 31.4 Å². The molecule has 0 saturated carbocycles. The standard InChI is InChI=1S/C25H34N4O2/c1-3-5-6-15-29(4-2)23-13-11-22(12-14-23)28-21-9-7-19(8-10-21)17-27-25(31)20-16-24(30)26-18-20/h7-14,20,28H,3-6,15-18H2,1-2H3,(H,26,30)(H,27,31). The Hall–Kier alpha value is -3.02. The van der Waals surface area contributed by atoms with Crippen LogP contribution in [0.15, 0.2) is 48.5 Å². The summed E-state index contributed by atoms with van der Waals surface area (Å²) in [4.78, 5) is 25.8. The van der Waals surface area contributed by atoms with Crippen molar-refractivity contribution in [3.63, 3.8) is 0 Å². The Labute approximate surface area is 185 Å². The number of carbonyl (C=O) groups is 2. The molecule has 2 aromatic rings. The Balaban J connectivity index is 1.49. The second-order valence-electron chi connectivity index (χ2n) is 8.08. The number of rotatable bonds is 11. The van der Waals surface area contributed by atoms with Crippen molar-refractivity contribution in [2.45, 2.75) is 46.1 Å². The van der Waals surface area contributed by atoms with E-state index in [-0.39, 0.29) is 24.2 Å². The molecule has 2 aromatic carbocycles. The Morgan fingerprint density at radius 3 is 2.29 bits per heavy atom. The summed E-state index contributed by atoms with van der Waals surface area (Å²) in [5.41, 5.74) is 4.34. The highest BCUT2D eigenvalue weighted by molar-refractivity contribution is 5.89. The molecule has 1 fully saturated rings. The molecule has 1 aliphatic rings. The summed E-state index contributed by atoms with van der Waals surface area (Å²) < 4.78 is 0. The molecule has 1 heterocycles.